The minimum atomic E-state index is 0.555. The number of methoxy groups -OCH3 is 1. The van der Waals surface area contributed by atoms with E-state index < -0.39 is 0 Å². The molecule has 3 heterocycles. The first-order chi connectivity index (χ1) is 13.2. The molecule has 0 aliphatic carbocycles. The van der Waals surface area contributed by atoms with Crippen molar-refractivity contribution < 1.29 is 4.74 Å². The molecule has 2 fully saturated rings. The number of fused-ring (bicyclic) bond motifs is 6. The lowest BCUT2D eigenvalue weighted by atomic mass is 9.81. The monoisotopic (exact) mass is 362 g/mol. The SMILES string of the molecule is COc1ccc2c(c1)[C@H]1[C@H](CCN1CCc1ccc(C)cc1)[C@H]1CCCN21. The Morgan fingerprint density at radius 3 is 2.70 bits per heavy atom. The number of likely N-dealkylation sites (tertiary alicyclic amines) is 1. The van der Waals surface area contributed by atoms with Gasteiger partial charge in [0.05, 0.1) is 7.11 Å². The molecule has 0 amide bonds. The van der Waals surface area contributed by atoms with Gasteiger partial charge in [-0.25, -0.2) is 0 Å². The van der Waals surface area contributed by atoms with E-state index in [1.807, 2.05) is 0 Å². The zero-order valence-electron chi connectivity index (χ0n) is 16.5. The number of nitrogens with zero attached hydrogens (tertiary/aromatic N) is 2. The summed E-state index contributed by atoms with van der Waals surface area (Å²) in [7, 11) is 1.78. The topological polar surface area (TPSA) is 15.7 Å². The lowest BCUT2D eigenvalue weighted by Gasteiger charge is -2.44. The quantitative estimate of drug-likeness (QED) is 0.791. The molecule has 3 aliphatic heterocycles. The zero-order chi connectivity index (χ0) is 18.4. The van der Waals surface area contributed by atoms with Crippen LogP contribution < -0.4 is 9.64 Å². The summed E-state index contributed by atoms with van der Waals surface area (Å²) in [4.78, 5) is 5.44. The number of anilines is 1. The van der Waals surface area contributed by atoms with E-state index in [1.54, 1.807) is 7.11 Å². The van der Waals surface area contributed by atoms with Crippen LogP contribution in [0, 0.1) is 12.8 Å². The second-order valence-corrected chi connectivity index (χ2v) is 8.50. The summed E-state index contributed by atoms with van der Waals surface area (Å²) in [5.74, 6) is 1.76. The summed E-state index contributed by atoms with van der Waals surface area (Å²) in [6.07, 6.45) is 5.16. The summed E-state index contributed by atoms with van der Waals surface area (Å²) in [6, 6.07) is 17.1. The van der Waals surface area contributed by atoms with E-state index in [-0.39, 0.29) is 0 Å². The molecule has 0 saturated carbocycles. The summed E-state index contributed by atoms with van der Waals surface area (Å²) < 4.78 is 5.58. The molecular formula is C24H30N2O. The highest BCUT2D eigenvalue weighted by molar-refractivity contribution is 5.62. The predicted octanol–water partition coefficient (Wildman–Crippen LogP) is 4.59. The molecule has 3 nitrogen and oxygen atoms in total. The minimum absolute atomic E-state index is 0.555. The van der Waals surface area contributed by atoms with Crippen molar-refractivity contribution in [3.05, 3.63) is 59.2 Å². The Hall–Kier alpha value is -2.00. The van der Waals surface area contributed by atoms with Crippen molar-refractivity contribution in [2.75, 3.05) is 31.6 Å². The molecule has 0 radical (unpaired) electrons. The van der Waals surface area contributed by atoms with E-state index in [0.29, 0.717) is 6.04 Å². The van der Waals surface area contributed by atoms with Crippen LogP contribution >= 0.6 is 0 Å². The standard InChI is InChI=1S/C24H30N2O/c1-17-5-7-18(8-6-17)11-14-25-15-12-20-22-4-3-13-26(22)23-10-9-19(27-2)16-21(23)24(20)25/h5-10,16,20,22,24H,3-4,11-15H2,1-2H3/t20-,22-,24-/m1/s1. The van der Waals surface area contributed by atoms with Gasteiger partial charge in [0.25, 0.3) is 0 Å². The van der Waals surface area contributed by atoms with Crippen molar-refractivity contribution in [1.29, 1.82) is 0 Å². The van der Waals surface area contributed by atoms with Gasteiger partial charge in [0, 0.05) is 36.8 Å². The molecule has 0 N–H and O–H groups in total. The third-order valence-corrected chi connectivity index (χ3v) is 7.01. The lowest BCUT2D eigenvalue weighted by Crippen LogP contribution is -2.44. The summed E-state index contributed by atoms with van der Waals surface area (Å²) >= 11 is 0. The number of hydrogen-bond acceptors (Lipinski definition) is 3. The van der Waals surface area contributed by atoms with Crippen molar-refractivity contribution in [1.82, 2.24) is 4.90 Å². The summed E-state index contributed by atoms with van der Waals surface area (Å²) in [5, 5.41) is 0. The van der Waals surface area contributed by atoms with Crippen LogP contribution in [-0.4, -0.2) is 37.7 Å². The predicted molar refractivity (Wildman–Crippen MR) is 111 cm³/mol. The van der Waals surface area contributed by atoms with Gasteiger partial charge in [0.15, 0.2) is 0 Å². The highest BCUT2D eigenvalue weighted by Crippen LogP contribution is 2.52. The molecular weight excluding hydrogens is 332 g/mol. The molecule has 27 heavy (non-hydrogen) atoms. The Bertz CT molecular complexity index is 816. The van der Waals surface area contributed by atoms with Gasteiger partial charge in [-0.3, -0.25) is 4.90 Å². The van der Waals surface area contributed by atoms with Crippen LogP contribution in [0.5, 0.6) is 5.75 Å². The van der Waals surface area contributed by atoms with Crippen LogP contribution in [0.15, 0.2) is 42.5 Å². The maximum absolute atomic E-state index is 5.58. The Morgan fingerprint density at radius 2 is 1.89 bits per heavy atom. The van der Waals surface area contributed by atoms with Gasteiger partial charge >= 0.3 is 0 Å². The molecule has 0 aromatic heterocycles. The van der Waals surface area contributed by atoms with Crippen LogP contribution in [0.25, 0.3) is 0 Å². The zero-order valence-corrected chi connectivity index (χ0v) is 16.5. The Morgan fingerprint density at radius 1 is 1.04 bits per heavy atom. The third kappa shape index (κ3) is 2.93. The minimum Gasteiger partial charge on any atom is -0.497 e. The molecule has 0 bridgehead atoms. The first kappa shape index (κ1) is 17.1. The van der Waals surface area contributed by atoms with Gasteiger partial charge in [-0.05, 0) is 68.5 Å². The van der Waals surface area contributed by atoms with E-state index in [9.17, 15) is 0 Å². The van der Waals surface area contributed by atoms with Crippen LogP contribution in [0.4, 0.5) is 5.69 Å². The highest BCUT2D eigenvalue weighted by Gasteiger charge is 2.48. The normalized spacial score (nSPS) is 26.6. The number of ether oxygens (including phenoxy) is 1. The fourth-order valence-corrected chi connectivity index (χ4v) is 5.69. The average molecular weight is 363 g/mol. The van der Waals surface area contributed by atoms with Crippen LogP contribution in [0.2, 0.25) is 0 Å². The summed E-state index contributed by atoms with van der Waals surface area (Å²) in [5.41, 5.74) is 5.75. The molecule has 0 spiro atoms. The average Bonchev–Trinajstić information content (AvgIpc) is 3.34. The van der Waals surface area contributed by atoms with Crippen molar-refractivity contribution >= 4 is 5.69 Å². The smallest absolute Gasteiger partial charge is 0.119 e. The maximum Gasteiger partial charge on any atom is 0.119 e. The van der Waals surface area contributed by atoms with E-state index in [2.05, 4.69) is 59.2 Å². The van der Waals surface area contributed by atoms with Gasteiger partial charge in [-0.1, -0.05) is 29.8 Å². The number of benzene rings is 2. The molecule has 2 aromatic carbocycles. The molecule has 3 heteroatoms. The van der Waals surface area contributed by atoms with Gasteiger partial charge < -0.3 is 9.64 Å². The van der Waals surface area contributed by atoms with Gasteiger partial charge in [0.1, 0.15) is 5.75 Å². The molecule has 3 atom stereocenters. The molecule has 2 aromatic rings. The Labute approximate surface area is 162 Å². The van der Waals surface area contributed by atoms with Crippen molar-refractivity contribution in [3.8, 4) is 5.75 Å². The van der Waals surface area contributed by atoms with E-state index in [0.717, 1.165) is 30.7 Å². The number of hydrogen-bond donors (Lipinski definition) is 0. The molecule has 3 aliphatic rings. The molecule has 5 rings (SSSR count). The van der Waals surface area contributed by atoms with E-state index in [4.69, 9.17) is 4.74 Å². The van der Waals surface area contributed by atoms with E-state index in [1.165, 1.54) is 54.7 Å². The van der Waals surface area contributed by atoms with Crippen molar-refractivity contribution in [3.63, 3.8) is 0 Å². The van der Waals surface area contributed by atoms with Gasteiger partial charge in [-0.15, -0.1) is 0 Å². The Kier molecular flexibility index (Phi) is 4.35. The fraction of sp³-hybridized carbons (Fsp3) is 0.500. The number of rotatable bonds is 4. The second-order valence-electron chi connectivity index (χ2n) is 8.50. The van der Waals surface area contributed by atoms with Gasteiger partial charge in [-0.2, -0.15) is 0 Å². The molecule has 2 saturated heterocycles. The van der Waals surface area contributed by atoms with Crippen LogP contribution in [-0.2, 0) is 6.42 Å². The van der Waals surface area contributed by atoms with Gasteiger partial charge in [0.2, 0.25) is 0 Å². The third-order valence-electron chi connectivity index (χ3n) is 7.01. The van der Waals surface area contributed by atoms with Crippen molar-refractivity contribution in [2.45, 2.75) is 44.7 Å². The largest absolute Gasteiger partial charge is 0.497 e. The Balaban J connectivity index is 1.44. The van der Waals surface area contributed by atoms with E-state index >= 15 is 0 Å². The maximum atomic E-state index is 5.58. The molecule has 0 unspecified atom stereocenters. The van der Waals surface area contributed by atoms with Crippen molar-refractivity contribution in [2.24, 2.45) is 5.92 Å². The molecule has 142 valence electrons. The number of aryl methyl sites for hydroxylation is 1. The second kappa shape index (κ2) is 6.87. The van der Waals surface area contributed by atoms with Crippen LogP contribution in [0.1, 0.15) is 42.0 Å². The first-order valence-electron chi connectivity index (χ1n) is 10.5. The highest BCUT2D eigenvalue weighted by atomic mass is 16.5. The van der Waals surface area contributed by atoms with Crippen LogP contribution in [0.3, 0.4) is 0 Å². The fourth-order valence-electron chi connectivity index (χ4n) is 5.69. The lowest BCUT2D eigenvalue weighted by molar-refractivity contribution is 0.208. The first-order valence-corrected chi connectivity index (χ1v) is 10.5. The summed E-state index contributed by atoms with van der Waals surface area (Å²) in [6.45, 7) is 5.75.